The number of rotatable bonds is 4. The molecule has 3 rings (SSSR count). The van der Waals surface area contributed by atoms with Gasteiger partial charge in [-0.15, -0.1) is 0 Å². The van der Waals surface area contributed by atoms with Gasteiger partial charge in [-0.05, 0) is 51.8 Å². The lowest BCUT2D eigenvalue weighted by molar-refractivity contribution is -0.119. The van der Waals surface area contributed by atoms with Crippen LogP contribution in [-0.2, 0) is 11.2 Å². The number of nitrogens with two attached hydrogens (primary N) is 1. The summed E-state index contributed by atoms with van der Waals surface area (Å²) in [6.45, 7) is 0. The lowest BCUT2D eigenvalue weighted by atomic mass is 9.92. The Morgan fingerprint density at radius 2 is 2.00 bits per heavy atom. The summed E-state index contributed by atoms with van der Waals surface area (Å²) in [5.74, 6) is -0.837. The molecule has 2 aromatic heterocycles. The predicted molar refractivity (Wildman–Crippen MR) is 94.3 cm³/mol. The van der Waals surface area contributed by atoms with E-state index in [2.05, 4.69) is 25.9 Å². The number of carbonyl (C=O) groups excluding carboxylic acids is 1. The Bertz CT molecular complexity index is 867. The number of halogens is 2. The first kappa shape index (κ1) is 15.9. The second-order valence-electron chi connectivity index (χ2n) is 5.23. The van der Waals surface area contributed by atoms with Crippen LogP contribution in [0.3, 0.4) is 0 Å². The second kappa shape index (κ2) is 6.64. The fraction of sp³-hybridized carbons (Fsp3) is 0.118. The zero-order chi connectivity index (χ0) is 16.4. The van der Waals surface area contributed by atoms with E-state index in [0.29, 0.717) is 11.4 Å². The van der Waals surface area contributed by atoms with Gasteiger partial charge in [-0.25, -0.2) is 0 Å². The third kappa shape index (κ3) is 3.68. The van der Waals surface area contributed by atoms with E-state index in [9.17, 15) is 4.79 Å². The lowest BCUT2D eigenvalue weighted by Crippen LogP contribution is -2.23. The molecule has 0 saturated heterocycles. The van der Waals surface area contributed by atoms with Gasteiger partial charge in [0.25, 0.3) is 0 Å². The average Bonchev–Trinajstić information content (AvgIpc) is 2.53. The molecule has 3 aromatic rings. The minimum atomic E-state index is -0.452. The molecule has 0 aliphatic rings. The number of aromatic nitrogens is 2. The molecule has 116 valence electrons. The summed E-state index contributed by atoms with van der Waals surface area (Å²) in [4.78, 5) is 20.5. The highest BCUT2D eigenvalue weighted by Gasteiger charge is 2.19. The van der Waals surface area contributed by atoms with Gasteiger partial charge < -0.3 is 5.73 Å². The number of nitrogens with zero attached hydrogens (tertiary/aromatic N) is 2. The fourth-order valence-corrected chi connectivity index (χ4v) is 2.86. The normalized spacial score (nSPS) is 12.3. The highest BCUT2D eigenvalue weighted by molar-refractivity contribution is 9.10. The Hall–Kier alpha value is -1.98. The Kier molecular flexibility index (Phi) is 4.59. The minimum absolute atomic E-state index is 0.385. The smallest absolute Gasteiger partial charge is 0.225 e. The number of hydrogen-bond donors (Lipinski definition) is 1. The molecule has 0 radical (unpaired) electrons. The molecule has 0 aliphatic heterocycles. The van der Waals surface area contributed by atoms with Crippen molar-refractivity contribution in [1.29, 1.82) is 0 Å². The summed E-state index contributed by atoms with van der Waals surface area (Å²) in [7, 11) is 0. The fourth-order valence-electron chi connectivity index (χ4n) is 2.46. The minimum Gasteiger partial charge on any atom is -0.369 e. The molecule has 0 spiro atoms. The highest BCUT2D eigenvalue weighted by atomic mass is 79.9. The average molecular weight is 391 g/mol. The van der Waals surface area contributed by atoms with E-state index >= 15 is 0 Å². The van der Waals surface area contributed by atoms with Gasteiger partial charge >= 0.3 is 0 Å². The molecule has 23 heavy (non-hydrogen) atoms. The first-order chi connectivity index (χ1) is 11.0. The first-order valence-corrected chi connectivity index (χ1v) is 8.15. The monoisotopic (exact) mass is 389 g/mol. The van der Waals surface area contributed by atoms with Crippen LogP contribution in [0.1, 0.15) is 17.2 Å². The molecule has 1 atom stereocenters. The third-order valence-corrected chi connectivity index (χ3v) is 4.30. The molecule has 1 unspecified atom stereocenters. The number of fused-ring (bicyclic) bond motifs is 1. The Balaban J connectivity index is 1.97. The van der Waals surface area contributed by atoms with E-state index in [1.54, 1.807) is 12.4 Å². The van der Waals surface area contributed by atoms with E-state index < -0.39 is 5.92 Å². The number of carbonyl (C=O) groups is 1. The Morgan fingerprint density at radius 1 is 1.17 bits per heavy atom. The van der Waals surface area contributed by atoms with Gasteiger partial charge in [-0.1, -0.05) is 17.7 Å². The third-order valence-electron chi connectivity index (χ3n) is 3.62. The van der Waals surface area contributed by atoms with E-state index in [1.165, 1.54) is 0 Å². The Labute approximate surface area is 146 Å². The topological polar surface area (TPSA) is 68.9 Å². The maximum atomic E-state index is 11.9. The number of primary amides is 1. The largest absolute Gasteiger partial charge is 0.369 e. The van der Waals surface area contributed by atoms with Gasteiger partial charge in [0.2, 0.25) is 5.91 Å². The van der Waals surface area contributed by atoms with Crippen LogP contribution in [-0.4, -0.2) is 15.9 Å². The molecule has 1 aromatic carbocycles. The van der Waals surface area contributed by atoms with Crippen LogP contribution in [0.2, 0.25) is 5.02 Å². The zero-order valence-electron chi connectivity index (χ0n) is 12.0. The summed E-state index contributed by atoms with van der Waals surface area (Å²) in [5.41, 5.74) is 8.06. The van der Waals surface area contributed by atoms with E-state index in [0.717, 1.165) is 26.6 Å². The van der Waals surface area contributed by atoms with Crippen molar-refractivity contribution in [3.8, 4) is 0 Å². The molecule has 0 fully saturated rings. The van der Waals surface area contributed by atoms with Crippen molar-refractivity contribution >= 4 is 44.3 Å². The Morgan fingerprint density at radius 3 is 2.70 bits per heavy atom. The van der Waals surface area contributed by atoms with Crippen LogP contribution in [0.25, 0.3) is 10.9 Å². The van der Waals surface area contributed by atoms with Crippen molar-refractivity contribution in [1.82, 2.24) is 9.97 Å². The maximum absolute atomic E-state index is 11.9. The van der Waals surface area contributed by atoms with E-state index in [4.69, 9.17) is 17.3 Å². The van der Waals surface area contributed by atoms with Crippen molar-refractivity contribution in [3.63, 3.8) is 0 Å². The van der Waals surface area contributed by atoms with Crippen molar-refractivity contribution in [3.05, 3.63) is 69.5 Å². The number of amides is 1. The van der Waals surface area contributed by atoms with Gasteiger partial charge in [0.1, 0.15) is 0 Å². The molecule has 0 aliphatic carbocycles. The maximum Gasteiger partial charge on any atom is 0.225 e. The van der Waals surface area contributed by atoms with Gasteiger partial charge in [0, 0.05) is 34.4 Å². The predicted octanol–water partition coefficient (Wildman–Crippen LogP) is 3.86. The lowest BCUT2D eigenvalue weighted by Gasteiger charge is -2.14. The van der Waals surface area contributed by atoms with Crippen LogP contribution < -0.4 is 5.73 Å². The number of benzene rings is 1. The van der Waals surface area contributed by atoms with Gasteiger partial charge in [-0.3, -0.25) is 14.8 Å². The molecule has 4 nitrogen and oxygen atoms in total. The second-order valence-corrected chi connectivity index (χ2v) is 6.58. The van der Waals surface area contributed by atoms with Gasteiger partial charge in [0.15, 0.2) is 0 Å². The van der Waals surface area contributed by atoms with Crippen LogP contribution in [0, 0.1) is 0 Å². The van der Waals surface area contributed by atoms with Crippen LogP contribution in [0.4, 0.5) is 0 Å². The highest BCUT2D eigenvalue weighted by Crippen LogP contribution is 2.25. The molecule has 6 heteroatoms. The molecule has 1 amide bonds. The first-order valence-electron chi connectivity index (χ1n) is 6.98. The quantitative estimate of drug-likeness (QED) is 0.735. The summed E-state index contributed by atoms with van der Waals surface area (Å²) < 4.78 is 0.892. The number of hydrogen-bond acceptors (Lipinski definition) is 3. The number of pyridine rings is 2. The summed E-state index contributed by atoms with van der Waals surface area (Å²) in [5, 5.41) is 1.44. The van der Waals surface area contributed by atoms with Crippen molar-refractivity contribution in [2.75, 3.05) is 0 Å². The molecule has 2 heterocycles. The van der Waals surface area contributed by atoms with Crippen molar-refractivity contribution in [2.45, 2.75) is 12.3 Å². The summed E-state index contributed by atoms with van der Waals surface area (Å²) in [6, 6.07) is 11.2. The van der Waals surface area contributed by atoms with Crippen LogP contribution in [0.15, 0.2) is 53.3 Å². The van der Waals surface area contributed by atoms with Gasteiger partial charge in [0.05, 0.1) is 16.5 Å². The van der Waals surface area contributed by atoms with E-state index in [-0.39, 0.29) is 5.91 Å². The van der Waals surface area contributed by atoms with Gasteiger partial charge in [-0.2, -0.15) is 0 Å². The molecular formula is C17H13BrClN3O. The molecule has 0 bridgehead atoms. The van der Waals surface area contributed by atoms with E-state index in [1.807, 2.05) is 36.4 Å². The summed E-state index contributed by atoms with van der Waals surface area (Å²) in [6.07, 6.45) is 3.75. The molecular weight excluding hydrogens is 378 g/mol. The summed E-state index contributed by atoms with van der Waals surface area (Å²) >= 11 is 9.33. The van der Waals surface area contributed by atoms with Crippen LogP contribution in [0.5, 0.6) is 0 Å². The zero-order valence-corrected chi connectivity index (χ0v) is 14.4. The molecule has 2 N–H and O–H groups in total. The standard InChI is InChI=1S/C17H13BrClN3O/c18-12-2-3-14(21-8-12)7-15(17(20)23)10-1-4-16-11(5-10)6-13(19)9-22-16/h1-6,8-9,15H,7H2,(H2,20,23). The van der Waals surface area contributed by atoms with Crippen LogP contribution >= 0.6 is 27.5 Å². The van der Waals surface area contributed by atoms with Crippen molar-refractivity contribution in [2.24, 2.45) is 5.73 Å². The van der Waals surface area contributed by atoms with Crippen molar-refractivity contribution < 1.29 is 4.79 Å². The SMILES string of the molecule is NC(=O)C(Cc1ccc(Br)cn1)c1ccc2ncc(Cl)cc2c1. The molecule has 0 saturated carbocycles.